The summed E-state index contributed by atoms with van der Waals surface area (Å²) in [6, 6.07) is 9.32. The van der Waals surface area contributed by atoms with Gasteiger partial charge in [-0.1, -0.05) is 18.2 Å². The minimum Gasteiger partial charge on any atom is -0.390 e. The van der Waals surface area contributed by atoms with E-state index in [4.69, 9.17) is 0 Å². The van der Waals surface area contributed by atoms with Crippen molar-refractivity contribution in [2.45, 2.75) is 45.0 Å². The molecule has 0 radical (unpaired) electrons. The number of benzene rings is 1. The fourth-order valence-electron chi connectivity index (χ4n) is 4.46. The molecule has 0 bridgehead atoms. The molecule has 180 valence electrons. The third-order valence-corrected chi connectivity index (χ3v) is 6.05. The average Bonchev–Trinajstić information content (AvgIpc) is 3.47. The quantitative estimate of drug-likeness (QED) is 0.445. The molecule has 0 spiro atoms. The standard InChI is InChI=1S/C25H23F3N6O/c1-16-13-33(15-29-16)22-10-8-17(30-21(22)14-35)9-11-23-31-24-19(6-4-12-34(24)32-23)18-5-2-3-7-20(18)25(26,27)28/h2-3,5,7-11,13,15,19,35H,4,6,12,14H2,1H3/b11-9+. The average molecular weight is 480 g/mol. The Morgan fingerprint density at radius 2 is 1.94 bits per heavy atom. The Labute approximate surface area is 199 Å². The minimum absolute atomic E-state index is 0.225. The molecule has 0 fully saturated rings. The molecule has 5 rings (SSSR count). The molecule has 1 unspecified atom stereocenters. The van der Waals surface area contributed by atoms with Crippen molar-refractivity contribution in [3.05, 3.63) is 88.8 Å². The number of hydrogen-bond acceptors (Lipinski definition) is 5. The summed E-state index contributed by atoms with van der Waals surface area (Å²) >= 11 is 0. The lowest BCUT2D eigenvalue weighted by atomic mass is 9.88. The van der Waals surface area contributed by atoms with Crippen LogP contribution >= 0.6 is 0 Å². The zero-order valence-electron chi connectivity index (χ0n) is 18.9. The van der Waals surface area contributed by atoms with Gasteiger partial charge >= 0.3 is 6.18 Å². The molecule has 1 N–H and O–H groups in total. The summed E-state index contributed by atoms with van der Waals surface area (Å²) in [6.45, 7) is 2.24. The normalized spacial score (nSPS) is 16.1. The number of hydrogen-bond donors (Lipinski definition) is 1. The summed E-state index contributed by atoms with van der Waals surface area (Å²) in [5.74, 6) is 0.453. The predicted octanol–water partition coefficient (Wildman–Crippen LogP) is 4.77. The molecule has 0 saturated carbocycles. The van der Waals surface area contributed by atoms with Gasteiger partial charge in [0, 0.05) is 18.7 Å². The topological polar surface area (TPSA) is 81.7 Å². The Kier molecular flexibility index (Phi) is 5.98. The van der Waals surface area contributed by atoms with Crippen LogP contribution in [0, 0.1) is 6.92 Å². The van der Waals surface area contributed by atoms with Gasteiger partial charge in [-0.25, -0.2) is 19.6 Å². The Morgan fingerprint density at radius 1 is 1.11 bits per heavy atom. The van der Waals surface area contributed by atoms with E-state index in [2.05, 4.69) is 20.1 Å². The largest absolute Gasteiger partial charge is 0.416 e. The Morgan fingerprint density at radius 3 is 2.69 bits per heavy atom. The molecular weight excluding hydrogens is 457 g/mol. The molecule has 4 aromatic rings. The zero-order valence-corrected chi connectivity index (χ0v) is 18.9. The molecular formula is C25H23F3N6O. The van der Waals surface area contributed by atoms with Crippen LogP contribution in [-0.4, -0.2) is 34.4 Å². The molecule has 0 amide bonds. The predicted molar refractivity (Wildman–Crippen MR) is 123 cm³/mol. The first-order valence-corrected chi connectivity index (χ1v) is 11.2. The van der Waals surface area contributed by atoms with E-state index in [0.717, 1.165) is 17.4 Å². The monoisotopic (exact) mass is 480 g/mol. The molecule has 1 aliphatic rings. The van der Waals surface area contributed by atoms with E-state index in [1.165, 1.54) is 12.1 Å². The number of aromatic nitrogens is 6. The van der Waals surface area contributed by atoms with Crippen LogP contribution in [-0.2, 0) is 19.3 Å². The van der Waals surface area contributed by atoms with E-state index in [1.54, 1.807) is 39.9 Å². The molecule has 4 heterocycles. The van der Waals surface area contributed by atoms with Gasteiger partial charge in [-0.3, -0.25) is 0 Å². The lowest BCUT2D eigenvalue weighted by Crippen LogP contribution is -2.21. The number of aliphatic hydroxyl groups is 1. The first kappa shape index (κ1) is 23.0. The van der Waals surface area contributed by atoms with Crippen LogP contribution < -0.4 is 0 Å². The Bertz CT molecular complexity index is 1390. The van der Waals surface area contributed by atoms with E-state index in [9.17, 15) is 18.3 Å². The van der Waals surface area contributed by atoms with Gasteiger partial charge in [0.2, 0.25) is 0 Å². The van der Waals surface area contributed by atoms with E-state index >= 15 is 0 Å². The fraction of sp³-hybridized carbons (Fsp3) is 0.280. The number of rotatable bonds is 5. The van der Waals surface area contributed by atoms with E-state index in [1.807, 2.05) is 19.2 Å². The van der Waals surface area contributed by atoms with Gasteiger partial charge < -0.3 is 9.67 Å². The number of imidazole rings is 1. The highest BCUT2D eigenvalue weighted by atomic mass is 19.4. The van der Waals surface area contributed by atoms with Crippen molar-refractivity contribution in [3.63, 3.8) is 0 Å². The van der Waals surface area contributed by atoms with Gasteiger partial charge in [-0.2, -0.15) is 18.3 Å². The first-order chi connectivity index (χ1) is 16.8. The van der Waals surface area contributed by atoms with E-state index in [-0.39, 0.29) is 12.2 Å². The zero-order chi connectivity index (χ0) is 24.6. The summed E-state index contributed by atoms with van der Waals surface area (Å²) in [5, 5.41) is 14.3. The molecule has 0 aliphatic carbocycles. The van der Waals surface area contributed by atoms with Crippen molar-refractivity contribution in [2.75, 3.05) is 0 Å². The molecule has 3 aromatic heterocycles. The number of aliphatic hydroxyl groups excluding tert-OH is 1. The van der Waals surface area contributed by atoms with Crippen molar-refractivity contribution in [2.24, 2.45) is 0 Å². The highest BCUT2D eigenvalue weighted by Crippen LogP contribution is 2.40. The maximum absolute atomic E-state index is 13.6. The van der Waals surface area contributed by atoms with Gasteiger partial charge in [-0.15, -0.1) is 0 Å². The van der Waals surface area contributed by atoms with Gasteiger partial charge in [0.05, 0.1) is 41.3 Å². The second kappa shape index (κ2) is 9.10. The van der Waals surface area contributed by atoms with Crippen LogP contribution in [0.15, 0.2) is 48.9 Å². The van der Waals surface area contributed by atoms with Crippen LogP contribution in [0.3, 0.4) is 0 Å². The molecule has 0 saturated heterocycles. The molecule has 35 heavy (non-hydrogen) atoms. The Hall–Kier alpha value is -3.79. The minimum atomic E-state index is -4.43. The number of fused-ring (bicyclic) bond motifs is 1. The maximum atomic E-state index is 13.6. The van der Waals surface area contributed by atoms with Gasteiger partial charge in [-0.05, 0) is 55.7 Å². The summed E-state index contributed by atoms with van der Waals surface area (Å²) in [4.78, 5) is 13.3. The number of aryl methyl sites for hydroxylation is 2. The summed E-state index contributed by atoms with van der Waals surface area (Å²) in [7, 11) is 0. The third-order valence-electron chi connectivity index (χ3n) is 6.05. The van der Waals surface area contributed by atoms with Crippen LogP contribution in [0.1, 0.15) is 58.6 Å². The SMILES string of the molecule is Cc1cn(-c2ccc(/C=C/c3nc4n(n3)CCCC4c3ccccc3C(F)(F)F)nc2CO)cn1. The molecule has 1 aliphatic heterocycles. The number of pyridine rings is 1. The molecule has 1 atom stereocenters. The second-order valence-electron chi connectivity index (χ2n) is 8.45. The fourth-order valence-corrected chi connectivity index (χ4v) is 4.46. The van der Waals surface area contributed by atoms with Crippen LogP contribution in [0.5, 0.6) is 0 Å². The molecule has 7 nitrogen and oxygen atoms in total. The number of halogens is 3. The van der Waals surface area contributed by atoms with Crippen molar-refractivity contribution in [3.8, 4) is 5.69 Å². The third kappa shape index (κ3) is 4.61. The van der Waals surface area contributed by atoms with Gasteiger partial charge in [0.15, 0.2) is 5.82 Å². The van der Waals surface area contributed by atoms with E-state index in [0.29, 0.717) is 42.4 Å². The second-order valence-corrected chi connectivity index (χ2v) is 8.45. The van der Waals surface area contributed by atoms with Crippen molar-refractivity contribution in [1.82, 2.24) is 29.3 Å². The van der Waals surface area contributed by atoms with Crippen LogP contribution in [0.4, 0.5) is 13.2 Å². The maximum Gasteiger partial charge on any atom is 0.416 e. The van der Waals surface area contributed by atoms with E-state index < -0.39 is 17.7 Å². The number of nitrogens with zero attached hydrogens (tertiary/aromatic N) is 6. The molecule has 10 heteroatoms. The van der Waals surface area contributed by atoms with Crippen molar-refractivity contribution >= 4 is 12.2 Å². The lowest BCUT2D eigenvalue weighted by Gasteiger charge is -2.25. The van der Waals surface area contributed by atoms with Crippen molar-refractivity contribution in [1.29, 1.82) is 0 Å². The highest BCUT2D eigenvalue weighted by Gasteiger charge is 2.37. The lowest BCUT2D eigenvalue weighted by molar-refractivity contribution is -0.138. The Balaban J connectivity index is 1.43. The van der Waals surface area contributed by atoms with Gasteiger partial charge in [0.1, 0.15) is 5.82 Å². The van der Waals surface area contributed by atoms with Crippen molar-refractivity contribution < 1.29 is 18.3 Å². The highest BCUT2D eigenvalue weighted by molar-refractivity contribution is 5.65. The van der Waals surface area contributed by atoms with Gasteiger partial charge in [0.25, 0.3) is 0 Å². The summed E-state index contributed by atoms with van der Waals surface area (Å²) in [6.07, 6.45) is 3.77. The smallest absolute Gasteiger partial charge is 0.390 e. The first-order valence-electron chi connectivity index (χ1n) is 11.2. The van der Waals surface area contributed by atoms with Crippen LogP contribution in [0.25, 0.3) is 17.8 Å². The van der Waals surface area contributed by atoms with Crippen LogP contribution in [0.2, 0.25) is 0 Å². The summed E-state index contributed by atoms with van der Waals surface area (Å²) in [5.41, 5.74) is 2.26. The summed E-state index contributed by atoms with van der Waals surface area (Å²) < 4.78 is 44.3. The molecule has 1 aromatic carbocycles. The number of alkyl halides is 3.